The highest BCUT2D eigenvalue weighted by atomic mass is 32.1. The predicted octanol–water partition coefficient (Wildman–Crippen LogP) is 17.4. The van der Waals surface area contributed by atoms with Gasteiger partial charge in [0.2, 0.25) is 0 Å². The summed E-state index contributed by atoms with van der Waals surface area (Å²) in [6, 6.07) is 19.7. The molecule has 3 aliphatic carbocycles. The normalized spacial score (nSPS) is 15.7. The van der Waals surface area contributed by atoms with Crippen molar-refractivity contribution in [3.8, 4) is 20.9 Å². The van der Waals surface area contributed by atoms with Gasteiger partial charge in [-0.1, -0.05) is 171 Å². The van der Waals surface area contributed by atoms with Crippen molar-refractivity contribution < 1.29 is 0 Å². The summed E-state index contributed by atoms with van der Waals surface area (Å²) in [4.78, 5) is 3.03. The molecule has 2 heterocycles. The lowest BCUT2D eigenvalue weighted by Crippen LogP contribution is -2.07. The Bertz CT molecular complexity index is 1840. The van der Waals surface area contributed by atoms with Crippen LogP contribution in [0.1, 0.15) is 194 Å². The molecule has 3 aliphatic rings. The molecule has 2 aromatic carbocycles. The second-order valence-electron chi connectivity index (χ2n) is 17.0. The largest absolute Gasteiger partial charge is 0.144 e. The van der Waals surface area contributed by atoms with Crippen LogP contribution >= 0.6 is 22.7 Å². The van der Waals surface area contributed by atoms with E-state index in [1.54, 1.807) is 44.5 Å². The standard InChI is InChI=1S/C52H68S2/c1-3-5-7-9-11-13-15-17-19-21-23-39-29-31-53-51(39)43-27-25-41-33-45-38-50-46(37-49(45)47(41)35-43)34-42-26-28-44(36-48(42)50)52-40(30-32-54-52)24-22-20-18-16-14-12-10-8-6-4-2/h25-33,35-36,49H,3-24,34,37-38H2,1-2H3. The average molecular weight is 757 g/mol. The Morgan fingerprint density at radius 2 is 1.06 bits per heavy atom. The van der Waals surface area contributed by atoms with Gasteiger partial charge in [-0.25, -0.2) is 0 Å². The van der Waals surface area contributed by atoms with E-state index in [1.807, 2.05) is 22.7 Å². The van der Waals surface area contributed by atoms with E-state index in [-0.39, 0.29) is 0 Å². The first-order valence-corrected chi connectivity index (χ1v) is 24.3. The molecule has 0 saturated carbocycles. The van der Waals surface area contributed by atoms with Crippen molar-refractivity contribution in [2.24, 2.45) is 0 Å². The summed E-state index contributed by atoms with van der Waals surface area (Å²) in [7, 11) is 0. The topological polar surface area (TPSA) is 0 Å². The molecule has 0 spiro atoms. The van der Waals surface area contributed by atoms with Crippen molar-refractivity contribution in [1.82, 2.24) is 0 Å². The summed E-state index contributed by atoms with van der Waals surface area (Å²) < 4.78 is 0. The van der Waals surface area contributed by atoms with Gasteiger partial charge in [0, 0.05) is 15.7 Å². The number of rotatable bonds is 24. The lowest BCUT2D eigenvalue weighted by molar-refractivity contribution is 0.556. The Hall–Kier alpha value is -2.68. The van der Waals surface area contributed by atoms with E-state index in [0.29, 0.717) is 5.92 Å². The first-order chi connectivity index (χ1) is 26.7. The summed E-state index contributed by atoms with van der Waals surface area (Å²) in [6.45, 7) is 4.62. The number of allylic oxidation sites excluding steroid dienone is 3. The zero-order valence-electron chi connectivity index (χ0n) is 33.9. The highest BCUT2D eigenvalue weighted by Gasteiger charge is 2.35. The van der Waals surface area contributed by atoms with Crippen LogP contribution in [0.4, 0.5) is 0 Å². The first-order valence-electron chi connectivity index (χ1n) is 22.6. The number of hydrogen-bond donors (Lipinski definition) is 0. The van der Waals surface area contributed by atoms with Gasteiger partial charge in [0.1, 0.15) is 0 Å². The molecule has 0 aliphatic heterocycles. The summed E-state index contributed by atoms with van der Waals surface area (Å²) in [5, 5.41) is 4.66. The zero-order chi connectivity index (χ0) is 37.0. The molecular weight excluding hydrogens is 689 g/mol. The van der Waals surface area contributed by atoms with Crippen LogP contribution in [0, 0.1) is 0 Å². The van der Waals surface area contributed by atoms with Crippen LogP contribution in [0.15, 0.2) is 70.4 Å². The van der Waals surface area contributed by atoms with Crippen LogP contribution in [-0.4, -0.2) is 0 Å². The zero-order valence-corrected chi connectivity index (χ0v) is 35.6. The molecule has 0 saturated heterocycles. The summed E-state index contributed by atoms with van der Waals surface area (Å²) >= 11 is 3.90. The molecule has 0 amide bonds. The van der Waals surface area contributed by atoms with Crippen LogP contribution < -0.4 is 0 Å². The van der Waals surface area contributed by atoms with Crippen LogP contribution in [0.3, 0.4) is 0 Å². The molecule has 0 radical (unpaired) electrons. The summed E-state index contributed by atoms with van der Waals surface area (Å²) in [5.74, 6) is 0.558. The number of benzene rings is 2. The fourth-order valence-electron chi connectivity index (χ4n) is 9.79. The molecule has 0 bridgehead atoms. The van der Waals surface area contributed by atoms with Crippen molar-refractivity contribution >= 4 is 34.3 Å². The number of unbranched alkanes of at least 4 members (excludes halogenated alkanes) is 18. The molecule has 1 atom stereocenters. The Morgan fingerprint density at radius 3 is 1.63 bits per heavy atom. The van der Waals surface area contributed by atoms with E-state index in [1.165, 1.54) is 174 Å². The van der Waals surface area contributed by atoms with Gasteiger partial charge in [-0.2, -0.15) is 0 Å². The number of hydrogen-bond acceptors (Lipinski definition) is 2. The summed E-state index contributed by atoms with van der Waals surface area (Å²) in [6.07, 6.45) is 36.5. The second kappa shape index (κ2) is 20.5. The van der Waals surface area contributed by atoms with Crippen molar-refractivity contribution in [2.75, 3.05) is 0 Å². The molecular formula is C52H68S2. The maximum Gasteiger partial charge on any atom is 0.0374 e. The van der Waals surface area contributed by atoms with Gasteiger partial charge in [-0.05, 0) is 130 Å². The van der Waals surface area contributed by atoms with Crippen LogP contribution in [-0.2, 0) is 19.3 Å². The molecule has 288 valence electrons. The minimum Gasteiger partial charge on any atom is -0.144 e. The van der Waals surface area contributed by atoms with Crippen LogP contribution in [0.5, 0.6) is 0 Å². The Balaban J connectivity index is 0.926. The van der Waals surface area contributed by atoms with Gasteiger partial charge in [-0.3, -0.25) is 0 Å². The molecule has 2 heteroatoms. The third-order valence-electron chi connectivity index (χ3n) is 13.0. The van der Waals surface area contributed by atoms with Gasteiger partial charge in [0.05, 0.1) is 0 Å². The summed E-state index contributed by atoms with van der Waals surface area (Å²) in [5.41, 5.74) is 17.2. The minimum atomic E-state index is 0.558. The molecule has 7 rings (SSSR count). The molecule has 4 aromatic rings. The lowest BCUT2D eigenvalue weighted by Gasteiger charge is -2.25. The fourth-order valence-corrected chi connectivity index (χ4v) is 11.7. The number of aryl methyl sites for hydroxylation is 2. The van der Waals surface area contributed by atoms with Crippen molar-refractivity contribution in [3.05, 3.63) is 104 Å². The fraction of sp³-hybridized carbons (Fsp3) is 0.538. The number of fused-ring (bicyclic) bond motifs is 5. The lowest BCUT2D eigenvalue weighted by atomic mass is 9.79. The van der Waals surface area contributed by atoms with E-state index >= 15 is 0 Å². The highest BCUT2D eigenvalue weighted by Crippen LogP contribution is 2.54. The van der Waals surface area contributed by atoms with Gasteiger partial charge in [-0.15, -0.1) is 22.7 Å². The van der Waals surface area contributed by atoms with Crippen LogP contribution in [0.2, 0.25) is 0 Å². The monoisotopic (exact) mass is 756 g/mol. The first kappa shape index (κ1) is 39.6. The molecule has 0 fully saturated rings. The maximum absolute atomic E-state index is 2.58. The van der Waals surface area contributed by atoms with E-state index in [9.17, 15) is 0 Å². The second-order valence-corrected chi connectivity index (χ2v) is 18.9. The third kappa shape index (κ3) is 10.00. The Morgan fingerprint density at radius 1 is 0.537 bits per heavy atom. The molecule has 0 N–H and O–H groups in total. The van der Waals surface area contributed by atoms with Crippen LogP contribution in [0.25, 0.3) is 32.5 Å². The number of thiophene rings is 2. The van der Waals surface area contributed by atoms with E-state index in [4.69, 9.17) is 0 Å². The van der Waals surface area contributed by atoms with E-state index in [0.717, 1.165) is 12.8 Å². The van der Waals surface area contributed by atoms with Gasteiger partial charge in [0.15, 0.2) is 0 Å². The van der Waals surface area contributed by atoms with Gasteiger partial charge in [0.25, 0.3) is 0 Å². The highest BCUT2D eigenvalue weighted by molar-refractivity contribution is 7.14. The quantitative estimate of drug-likeness (QED) is 0.0625. The molecule has 0 nitrogen and oxygen atoms in total. The minimum absolute atomic E-state index is 0.558. The van der Waals surface area contributed by atoms with Crippen molar-refractivity contribution in [3.63, 3.8) is 0 Å². The van der Waals surface area contributed by atoms with Crippen molar-refractivity contribution in [2.45, 2.75) is 180 Å². The molecule has 2 aromatic heterocycles. The average Bonchev–Trinajstić information content (AvgIpc) is 4.00. The smallest absolute Gasteiger partial charge is 0.0374 e. The third-order valence-corrected chi connectivity index (χ3v) is 15.0. The van der Waals surface area contributed by atoms with E-state index in [2.05, 4.69) is 79.2 Å². The van der Waals surface area contributed by atoms with E-state index < -0.39 is 0 Å². The van der Waals surface area contributed by atoms with Gasteiger partial charge >= 0.3 is 0 Å². The Kier molecular flexibility index (Phi) is 15.0. The predicted molar refractivity (Wildman–Crippen MR) is 241 cm³/mol. The van der Waals surface area contributed by atoms with Gasteiger partial charge < -0.3 is 0 Å². The molecule has 1 unspecified atom stereocenters. The maximum atomic E-state index is 2.58. The Labute approximate surface area is 337 Å². The van der Waals surface area contributed by atoms with Crippen molar-refractivity contribution in [1.29, 1.82) is 0 Å². The SMILES string of the molecule is CCCCCCCCCCCCc1ccsc1-c1ccc2c(c1)C1=C(C2)CC2C(=Cc3ccc(-c4sccc4CCCCCCCCCCCC)cc32)C1. The molecule has 54 heavy (non-hydrogen) atoms.